The Morgan fingerprint density at radius 2 is 2.05 bits per heavy atom. The van der Waals surface area contributed by atoms with Crippen molar-refractivity contribution in [3.05, 3.63) is 29.8 Å². The van der Waals surface area contributed by atoms with E-state index in [9.17, 15) is 18.4 Å². The molecular weight excluding hydrogens is 282 g/mol. The fourth-order valence-electron chi connectivity index (χ4n) is 1.56. The Labute approximate surface area is 118 Å². The highest BCUT2D eigenvalue weighted by molar-refractivity contribution is 7.92. The van der Waals surface area contributed by atoms with Gasteiger partial charge < -0.3 is 10.1 Å². The van der Waals surface area contributed by atoms with Gasteiger partial charge in [-0.2, -0.15) is 5.06 Å². The highest BCUT2D eigenvalue weighted by atomic mass is 32.2. The minimum absolute atomic E-state index is 0.0685. The van der Waals surface area contributed by atoms with Crippen molar-refractivity contribution in [2.24, 2.45) is 0 Å². The fraction of sp³-hybridized carbons (Fsp3) is 0.417. The third-order valence-electron chi connectivity index (χ3n) is 2.50. The van der Waals surface area contributed by atoms with Crippen LogP contribution in [0.2, 0.25) is 0 Å². The van der Waals surface area contributed by atoms with Crippen molar-refractivity contribution in [2.45, 2.75) is 6.92 Å². The number of nitrogens with one attached hydrogen (secondary N) is 1. The zero-order valence-corrected chi connectivity index (χ0v) is 12.5. The van der Waals surface area contributed by atoms with Gasteiger partial charge in [0.2, 0.25) is 10.0 Å². The van der Waals surface area contributed by atoms with Gasteiger partial charge in [0, 0.05) is 24.8 Å². The molecule has 0 saturated carbocycles. The molecule has 0 aliphatic carbocycles. The molecule has 20 heavy (non-hydrogen) atoms. The second kappa shape index (κ2) is 6.69. The first-order chi connectivity index (χ1) is 9.23. The van der Waals surface area contributed by atoms with Crippen LogP contribution in [-0.4, -0.2) is 56.0 Å². The molecule has 1 amide bonds. The van der Waals surface area contributed by atoms with Gasteiger partial charge in [0.1, 0.15) is 0 Å². The Morgan fingerprint density at radius 3 is 2.60 bits per heavy atom. The predicted octanol–water partition coefficient (Wildman–Crippen LogP) is 0.799. The molecule has 112 valence electrons. The van der Waals surface area contributed by atoms with Crippen molar-refractivity contribution in [2.75, 3.05) is 31.2 Å². The smallest absolute Gasteiger partial charge is 0.254 e. The number of nitrogens with zero attached hydrogens (tertiary/aromatic N) is 2. The van der Waals surface area contributed by atoms with Crippen LogP contribution in [0.3, 0.4) is 0 Å². The van der Waals surface area contributed by atoms with Crippen molar-refractivity contribution in [3.63, 3.8) is 0 Å². The summed E-state index contributed by atoms with van der Waals surface area (Å²) in [7, 11) is -1.83. The number of hydrogen-bond acceptors (Lipinski definition) is 5. The Kier molecular flexibility index (Phi) is 5.49. The molecule has 1 rings (SSSR count). The molecule has 8 heteroatoms. The topological polar surface area (TPSA) is 89.9 Å². The third kappa shape index (κ3) is 5.16. The first-order valence-corrected chi connectivity index (χ1v) is 7.89. The molecule has 1 aromatic carbocycles. The van der Waals surface area contributed by atoms with E-state index < -0.39 is 10.0 Å². The predicted molar refractivity (Wildman–Crippen MR) is 76.0 cm³/mol. The van der Waals surface area contributed by atoms with Gasteiger partial charge in [-0.05, 0) is 18.2 Å². The average molecular weight is 301 g/mol. The Balaban J connectivity index is 2.86. The number of sulfonamides is 1. The van der Waals surface area contributed by atoms with Crippen LogP contribution in [0, 0.1) is 0 Å². The summed E-state index contributed by atoms with van der Waals surface area (Å²) in [5.74, 6) is -0.311. The summed E-state index contributed by atoms with van der Waals surface area (Å²) >= 11 is 0. The molecular formula is C12H19N3O4S. The number of carbonyl (C=O) groups is 1. The summed E-state index contributed by atoms with van der Waals surface area (Å²) in [6.45, 7) is 2.22. The van der Waals surface area contributed by atoms with Crippen LogP contribution in [0.25, 0.3) is 0 Å². The summed E-state index contributed by atoms with van der Waals surface area (Å²) in [6, 6.07) is 6.18. The molecule has 0 unspecified atom stereocenters. The van der Waals surface area contributed by atoms with E-state index in [0.29, 0.717) is 17.8 Å². The van der Waals surface area contributed by atoms with Crippen LogP contribution in [0.15, 0.2) is 24.3 Å². The number of carbonyl (C=O) groups excluding carboxylic acids is 1. The summed E-state index contributed by atoms with van der Waals surface area (Å²) in [6.07, 6.45) is 1.04. The second-order valence-electron chi connectivity index (χ2n) is 4.42. The lowest BCUT2D eigenvalue weighted by atomic mass is 10.2. The molecule has 0 atom stereocenters. The molecule has 0 aliphatic heterocycles. The molecule has 0 aliphatic rings. The standard InChI is InChI=1S/C12H19N3O4S/c1-4-15(17)9-14(2)12(16)10-6-5-7-11(8-10)13-20(3,18)19/h5-8,13,17H,4,9H2,1-3H3. The first kappa shape index (κ1) is 16.4. The lowest BCUT2D eigenvalue weighted by Crippen LogP contribution is -2.37. The van der Waals surface area contributed by atoms with E-state index in [-0.39, 0.29) is 12.6 Å². The summed E-state index contributed by atoms with van der Waals surface area (Å²) in [5, 5.41) is 10.4. The van der Waals surface area contributed by atoms with Crippen LogP contribution >= 0.6 is 0 Å². The van der Waals surface area contributed by atoms with E-state index >= 15 is 0 Å². The van der Waals surface area contributed by atoms with E-state index in [1.54, 1.807) is 32.2 Å². The van der Waals surface area contributed by atoms with Gasteiger partial charge in [-0.1, -0.05) is 13.0 Å². The largest absolute Gasteiger partial charge is 0.327 e. The van der Waals surface area contributed by atoms with Crippen molar-refractivity contribution < 1.29 is 18.4 Å². The van der Waals surface area contributed by atoms with Crippen LogP contribution in [0.1, 0.15) is 17.3 Å². The Bertz CT molecular complexity index is 574. The van der Waals surface area contributed by atoms with Crippen molar-refractivity contribution in [3.8, 4) is 0 Å². The van der Waals surface area contributed by atoms with Gasteiger partial charge in [-0.25, -0.2) is 8.42 Å². The van der Waals surface area contributed by atoms with Crippen LogP contribution in [0.5, 0.6) is 0 Å². The molecule has 7 nitrogen and oxygen atoms in total. The summed E-state index contributed by atoms with van der Waals surface area (Å²) < 4.78 is 24.6. The van der Waals surface area contributed by atoms with Crippen LogP contribution in [-0.2, 0) is 10.0 Å². The number of amides is 1. The van der Waals surface area contributed by atoms with Gasteiger partial charge in [0.25, 0.3) is 5.91 Å². The molecule has 0 heterocycles. The van der Waals surface area contributed by atoms with E-state index in [2.05, 4.69) is 4.72 Å². The molecule has 0 spiro atoms. The van der Waals surface area contributed by atoms with E-state index in [1.165, 1.54) is 11.0 Å². The van der Waals surface area contributed by atoms with Crippen molar-refractivity contribution in [1.82, 2.24) is 9.96 Å². The average Bonchev–Trinajstić information content (AvgIpc) is 2.35. The molecule has 2 N–H and O–H groups in total. The van der Waals surface area contributed by atoms with Gasteiger partial charge in [0.05, 0.1) is 12.9 Å². The normalized spacial score (nSPS) is 11.4. The Morgan fingerprint density at radius 1 is 1.40 bits per heavy atom. The van der Waals surface area contributed by atoms with Gasteiger partial charge in [-0.3, -0.25) is 9.52 Å². The second-order valence-corrected chi connectivity index (χ2v) is 6.17. The zero-order valence-electron chi connectivity index (χ0n) is 11.7. The van der Waals surface area contributed by atoms with Crippen molar-refractivity contribution in [1.29, 1.82) is 0 Å². The van der Waals surface area contributed by atoms with Gasteiger partial charge in [0.15, 0.2) is 0 Å². The lowest BCUT2D eigenvalue weighted by Gasteiger charge is -2.22. The van der Waals surface area contributed by atoms with E-state index in [0.717, 1.165) is 11.3 Å². The number of benzene rings is 1. The van der Waals surface area contributed by atoms with Crippen molar-refractivity contribution >= 4 is 21.6 Å². The van der Waals surface area contributed by atoms with Gasteiger partial charge >= 0.3 is 0 Å². The van der Waals surface area contributed by atoms with Gasteiger partial charge in [-0.15, -0.1) is 0 Å². The van der Waals surface area contributed by atoms with E-state index in [4.69, 9.17) is 0 Å². The zero-order chi connectivity index (χ0) is 15.3. The quantitative estimate of drug-likeness (QED) is 0.599. The number of hydrogen-bond donors (Lipinski definition) is 2. The van der Waals surface area contributed by atoms with Crippen LogP contribution < -0.4 is 4.72 Å². The molecule has 1 aromatic rings. The lowest BCUT2D eigenvalue weighted by molar-refractivity contribution is -0.110. The highest BCUT2D eigenvalue weighted by Gasteiger charge is 2.14. The molecule has 0 fully saturated rings. The summed E-state index contributed by atoms with van der Waals surface area (Å²) in [4.78, 5) is 13.5. The summed E-state index contributed by atoms with van der Waals surface area (Å²) in [5.41, 5.74) is 0.661. The third-order valence-corrected chi connectivity index (χ3v) is 3.11. The minimum atomic E-state index is -3.39. The van der Waals surface area contributed by atoms with E-state index in [1.807, 2.05) is 0 Å². The Hall–Kier alpha value is -1.64. The molecule has 0 saturated heterocycles. The maximum atomic E-state index is 12.1. The van der Waals surface area contributed by atoms with Crippen LogP contribution in [0.4, 0.5) is 5.69 Å². The number of hydroxylamine groups is 2. The number of anilines is 1. The monoisotopic (exact) mass is 301 g/mol. The fourth-order valence-corrected chi connectivity index (χ4v) is 2.11. The maximum absolute atomic E-state index is 12.1. The molecule has 0 aromatic heterocycles. The first-order valence-electron chi connectivity index (χ1n) is 6.00. The molecule has 0 radical (unpaired) electrons. The highest BCUT2D eigenvalue weighted by Crippen LogP contribution is 2.13. The SMILES string of the molecule is CCN(O)CN(C)C(=O)c1cccc(NS(C)(=O)=O)c1. The number of rotatable bonds is 6. The minimum Gasteiger partial charge on any atom is -0.327 e. The molecule has 0 bridgehead atoms. The maximum Gasteiger partial charge on any atom is 0.254 e.